The molecule has 0 aromatic carbocycles. The zero-order valence-electron chi connectivity index (χ0n) is 7.76. The first-order chi connectivity index (χ1) is 5.70. The molecule has 0 aromatic heterocycles. The van der Waals surface area contributed by atoms with E-state index in [1.165, 1.54) is 12.8 Å². The Balaban J connectivity index is 2.32. The van der Waals surface area contributed by atoms with Gasteiger partial charge in [-0.15, -0.1) is 0 Å². The minimum atomic E-state index is -0.288. The highest BCUT2D eigenvalue weighted by atomic mass is 32.2. The molecule has 2 nitrogen and oxygen atoms in total. The predicted octanol–water partition coefficient (Wildman–Crippen LogP) is 1.77. The summed E-state index contributed by atoms with van der Waals surface area (Å²) in [6, 6.07) is 2.98. The maximum absolute atomic E-state index is 8.97. The minimum Gasteiger partial charge on any atom is -0.297 e. The van der Waals surface area contributed by atoms with Crippen molar-refractivity contribution >= 4 is 11.8 Å². The lowest BCUT2D eigenvalue weighted by molar-refractivity contribution is 0.434. The molecular formula is C9H16N2S. The van der Waals surface area contributed by atoms with Crippen molar-refractivity contribution < 1.29 is 0 Å². The quantitative estimate of drug-likeness (QED) is 0.707. The molecule has 0 aromatic rings. The molecule has 0 heterocycles. The molecule has 1 unspecified atom stereocenters. The van der Waals surface area contributed by atoms with E-state index in [9.17, 15) is 0 Å². The molecule has 1 N–H and O–H groups in total. The summed E-state index contributed by atoms with van der Waals surface area (Å²) in [5.74, 6) is 1.06. The largest absolute Gasteiger partial charge is 0.297 e. The molecule has 1 rings (SSSR count). The van der Waals surface area contributed by atoms with Crippen LogP contribution in [-0.4, -0.2) is 23.6 Å². The van der Waals surface area contributed by atoms with Crippen molar-refractivity contribution in [3.63, 3.8) is 0 Å². The van der Waals surface area contributed by atoms with E-state index < -0.39 is 0 Å². The molecule has 1 fully saturated rings. The van der Waals surface area contributed by atoms with Crippen LogP contribution in [0.1, 0.15) is 26.2 Å². The number of hydrogen-bond acceptors (Lipinski definition) is 3. The van der Waals surface area contributed by atoms with Crippen molar-refractivity contribution in [2.24, 2.45) is 0 Å². The van der Waals surface area contributed by atoms with E-state index in [1.807, 2.05) is 6.92 Å². The second kappa shape index (κ2) is 4.15. The highest BCUT2D eigenvalue weighted by Gasteiger charge is 2.31. The van der Waals surface area contributed by atoms with Gasteiger partial charge in [0.2, 0.25) is 0 Å². The summed E-state index contributed by atoms with van der Waals surface area (Å²) in [5.41, 5.74) is -0.288. The van der Waals surface area contributed by atoms with Crippen LogP contribution < -0.4 is 5.32 Å². The van der Waals surface area contributed by atoms with Crippen LogP contribution in [0.25, 0.3) is 0 Å². The summed E-state index contributed by atoms with van der Waals surface area (Å²) in [5, 5.41) is 12.3. The highest BCUT2D eigenvalue weighted by Crippen LogP contribution is 2.24. The van der Waals surface area contributed by atoms with Gasteiger partial charge in [0.15, 0.2) is 0 Å². The van der Waals surface area contributed by atoms with Crippen LogP contribution in [0.2, 0.25) is 0 Å². The molecule has 1 atom stereocenters. The summed E-state index contributed by atoms with van der Waals surface area (Å²) < 4.78 is 0. The number of rotatable bonds is 5. The first-order valence-corrected chi connectivity index (χ1v) is 5.77. The van der Waals surface area contributed by atoms with Gasteiger partial charge in [0, 0.05) is 6.04 Å². The fourth-order valence-electron chi connectivity index (χ4n) is 1.14. The monoisotopic (exact) mass is 184 g/mol. The van der Waals surface area contributed by atoms with Crippen LogP contribution in [0.4, 0.5) is 0 Å². The van der Waals surface area contributed by atoms with E-state index in [4.69, 9.17) is 5.26 Å². The first-order valence-electron chi connectivity index (χ1n) is 4.38. The van der Waals surface area contributed by atoms with Crippen LogP contribution in [0.5, 0.6) is 0 Å². The molecule has 0 spiro atoms. The number of nitriles is 1. The molecular weight excluding hydrogens is 168 g/mol. The molecule has 0 radical (unpaired) electrons. The summed E-state index contributed by atoms with van der Waals surface area (Å²) in [6.07, 6.45) is 5.52. The van der Waals surface area contributed by atoms with E-state index in [2.05, 4.69) is 17.6 Å². The van der Waals surface area contributed by atoms with Gasteiger partial charge in [-0.2, -0.15) is 17.0 Å². The van der Waals surface area contributed by atoms with Crippen molar-refractivity contribution in [1.82, 2.24) is 5.32 Å². The fraction of sp³-hybridized carbons (Fsp3) is 0.889. The molecule has 1 saturated carbocycles. The van der Waals surface area contributed by atoms with Gasteiger partial charge in [0.25, 0.3) is 0 Å². The SMILES string of the molecule is CSCCC(C)(C#N)NC1CC1. The van der Waals surface area contributed by atoms with Crippen molar-refractivity contribution in [3.05, 3.63) is 0 Å². The number of hydrogen-bond donors (Lipinski definition) is 1. The van der Waals surface area contributed by atoms with E-state index in [0.29, 0.717) is 6.04 Å². The minimum absolute atomic E-state index is 0.288. The van der Waals surface area contributed by atoms with Gasteiger partial charge < -0.3 is 0 Å². The lowest BCUT2D eigenvalue weighted by Crippen LogP contribution is -2.42. The van der Waals surface area contributed by atoms with Crippen molar-refractivity contribution in [1.29, 1.82) is 5.26 Å². The Morgan fingerprint density at radius 1 is 1.67 bits per heavy atom. The second-order valence-electron chi connectivity index (χ2n) is 3.61. The third-order valence-corrected chi connectivity index (χ3v) is 2.77. The Labute approximate surface area is 78.7 Å². The Morgan fingerprint density at radius 3 is 2.75 bits per heavy atom. The van der Waals surface area contributed by atoms with Crippen LogP contribution in [-0.2, 0) is 0 Å². The van der Waals surface area contributed by atoms with E-state index in [0.717, 1.165) is 12.2 Å². The Hall–Kier alpha value is -0.200. The third-order valence-electron chi connectivity index (χ3n) is 2.15. The fourth-order valence-corrected chi connectivity index (χ4v) is 1.76. The van der Waals surface area contributed by atoms with Crippen molar-refractivity contribution in [2.45, 2.75) is 37.8 Å². The van der Waals surface area contributed by atoms with Crippen LogP contribution in [0, 0.1) is 11.3 Å². The molecule has 0 bridgehead atoms. The summed E-state index contributed by atoms with van der Waals surface area (Å²) >= 11 is 1.80. The van der Waals surface area contributed by atoms with E-state index >= 15 is 0 Å². The highest BCUT2D eigenvalue weighted by molar-refractivity contribution is 7.98. The number of nitrogens with zero attached hydrogens (tertiary/aromatic N) is 1. The maximum Gasteiger partial charge on any atom is 0.104 e. The summed E-state index contributed by atoms with van der Waals surface area (Å²) in [7, 11) is 0. The van der Waals surface area contributed by atoms with Crippen molar-refractivity contribution in [2.75, 3.05) is 12.0 Å². The second-order valence-corrected chi connectivity index (χ2v) is 4.59. The summed E-state index contributed by atoms with van der Waals surface area (Å²) in [6.45, 7) is 2.00. The van der Waals surface area contributed by atoms with Gasteiger partial charge in [-0.3, -0.25) is 5.32 Å². The zero-order chi connectivity index (χ0) is 9.03. The van der Waals surface area contributed by atoms with Crippen molar-refractivity contribution in [3.8, 4) is 6.07 Å². The lowest BCUT2D eigenvalue weighted by atomic mass is 10.0. The van der Waals surface area contributed by atoms with Crippen LogP contribution >= 0.6 is 11.8 Å². The predicted molar refractivity (Wildman–Crippen MR) is 53.2 cm³/mol. The van der Waals surface area contributed by atoms with Gasteiger partial charge >= 0.3 is 0 Å². The summed E-state index contributed by atoms with van der Waals surface area (Å²) in [4.78, 5) is 0. The smallest absolute Gasteiger partial charge is 0.104 e. The standard InChI is InChI=1S/C9H16N2S/c1-9(7-10,5-6-12-2)11-8-3-4-8/h8,11H,3-6H2,1-2H3. The third kappa shape index (κ3) is 3.04. The molecule has 1 aliphatic rings. The molecule has 0 amide bonds. The van der Waals surface area contributed by atoms with E-state index in [-0.39, 0.29) is 5.54 Å². The molecule has 12 heavy (non-hydrogen) atoms. The Kier molecular flexibility index (Phi) is 3.42. The molecule has 0 aliphatic heterocycles. The topological polar surface area (TPSA) is 35.8 Å². The first kappa shape index (κ1) is 9.88. The average Bonchev–Trinajstić information content (AvgIpc) is 2.85. The normalized spacial score (nSPS) is 21.4. The van der Waals surface area contributed by atoms with Gasteiger partial charge in [0.1, 0.15) is 5.54 Å². The lowest BCUT2D eigenvalue weighted by Gasteiger charge is -2.22. The van der Waals surface area contributed by atoms with Crippen LogP contribution in [0.3, 0.4) is 0 Å². The number of nitrogens with one attached hydrogen (secondary N) is 1. The molecule has 3 heteroatoms. The van der Waals surface area contributed by atoms with Crippen LogP contribution in [0.15, 0.2) is 0 Å². The molecule has 0 saturated heterocycles. The van der Waals surface area contributed by atoms with Gasteiger partial charge in [-0.05, 0) is 38.2 Å². The average molecular weight is 184 g/mol. The van der Waals surface area contributed by atoms with Gasteiger partial charge in [-0.25, -0.2) is 0 Å². The zero-order valence-corrected chi connectivity index (χ0v) is 8.58. The molecule has 1 aliphatic carbocycles. The molecule has 68 valence electrons. The maximum atomic E-state index is 8.97. The number of thioether (sulfide) groups is 1. The van der Waals surface area contributed by atoms with E-state index in [1.54, 1.807) is 11.8 Å². The van der Waals surface area contributed by atoms with Gasteiger partial charge in [-0.1, -0.05) is 0 Å². The Morgan fingerprint density at radius 2 is 2.33 bits per heavy atom. The van der Waals surface area contributed by atoms with Gasteiger partial charge in [0.05, 0.1) is 6.07 Å². The Bertz CT molecular complexity index is 183.